The highest BCUT2D eigenvalue weighted by molar-refractivity contribution is 8.03. The molecule has 0 bridgehead atoms. The number of anilines is 1. The fourth-order valence-electron chi connectivity index (χ4n) is 1.48. The molecule has 0 aliphatic carbocycles. The van der Waals surface area contributed by atoms with E-state index in [9.17, 15) is 0 Å². The molecular weight excluding hydrogens is 208 g/mol. The monoisotopic (exact) mass is 222 g/mol. The molecule has 0 spiro atoms. The third kappa shape index (κ3) is 2.44. The molecular formula is C11H14N2OS. The predicted octanol–water partition coefficient (Wildman–Crippen LogP) is 2.86. The zero-order chi connectivity index (χ0) is 11.4. The van der Waals surface area contributed by atoms with Gasteiger partial charge in [0.25, 0.3) is 0 Å². The van der Waals surface area contributed by atoms with Gasteiger partial charge in [0, 0.05) is 23.3 Å². The fraction of sp³-hybridized carbons (Fsp3) is 0.364. The molecule has 0 aromatic heterocycles. The quantitative estimate of drug-likeness (QED) is 0.485. The van der Waals surface area contributed by atoms with Gasteiger partial charge in [-0.25, -0.2) is 0 Å². The number of rotatable bonds is 3. The van der Waals surface area contributed by atoms with Crippen molar-refractivity contribution in [3.8, 4) is 5.40 Å². The van der Waals surface area contributed by atoms with Crippen LogP contribution in [-0.4, -0.2) is 7.11 Å². The molecule has 0 saturated heterocycles. The third-order valence-corrected chi connectivity index (χ3v) is 3.10. The van der Waals surface area contributed by atoms with Crippen LogP contribution in [0.5, 0.6) is 0 Å². The molecule has 0 aliphatic heterocycles. The maximum atomic E-state index is 8.70. The maximum Gasteiger partial charge on any atom is 0.138 e. The summed E-state index contributed by atoms with van der Waals surface area (Å²) in [5.41, 5.74) is 8.56. The van der Waals surface area contributed by atoms with Crippen LogP contribution in [-0.2, 0) is 4.74 Å². The number of methoxy groups -OCH3 is 1. The molecule has 1 rings (SSSR count). The molecule has 0 amide bonds. The number of nitrogens with zero attached hydrogens (tertiary/aromatic N) is 1. The molecule has 1 aromatic carbocycles. The summed E-state index contributed by atoms with van der Waals surface area (Å²) in [6.45, 7) is 3.89. The average Bonchev–Trinajstić information content (AvgIpc) is 2.23. The number of thiocyanates is 1. The smallest absolute Gasteiger partial charge is 0.138 e. The molecule has 2 N–H and O–H groups in total. The molecule has 15 heavy (non-hydrogen) atoms. The van der Waals surface area contributed by atoms with Gasteiger partial charge in [0.15, 0.2) is 0 Å². The lowest BCUT2D eigenvalue weighted by atomic mass is 10.0. The van der Waals surface area contributed by atoms with Gasteiger partial charge in [0.2, 0.25) is 0 Å². The van der Waals surface area contributed by atoms with Crippen molar-refractivity contribution in [3.05, 3.63) is 23.3 Å². The Morgan fingerprint density at radius 3 is 2.73 bits per heavy atom. The average molecular weight is 222 g/mol. The first kappa shape index (κ1) is 11.9. The molecule has 1 unspecified atom stereocenters. The first-order valence-corrected chi connectivity index (χ1v) is 5.41. The second-order valence-corrected chi connectivity index (χ2v) is 4.09. The van der Waals surface area contributed by atoms with E-state index in [1.165, 1.54) is 0 Å². The van der Waals surface area contributed by atoms with Crippen LogP contribution in [0.2, 0.25) is 0 Å². The third-order valence-electron chi connectivity index (χ3n) is 2.43. The van der Waals surface area contributed by atoms with Gasteiger partial charge in [-0.2, -0.15) is 5.26 Å². The van der Waals surface area contributed by atoms with E-state index in [0.717, 1.165) is 33.5 Å². The fourth-order valence-corrected chi connectivity index (χ4v) is 2.15. The van der Waals surface area contributed by atoms with Gasteiger partial charge in [0.05, 0.1) is 6.10 Å². The Balaban J connectivity index is 3.29. The van der Waals surface area contributed by atoms with Crippen LogP contribution in [0, 0.1) is 17.6 Å². The molecule has 80 valence electrons. The molecule has 3 nitrogen and oxygen atoms in total. The lowest BCUT2D eigenvalue weighted by molar-refractivity contribution is 0.117. The van der Waals surface area contributed by atoms with Crippen LogP contribution >= 0.6 is 11.8 Å². The number of thioether (sulfide) groups is 1. The molecule has 0 aliphatic rings. The number of nitrogen functional groups attached to an aromatic ring is 1. The zero-order valence-electron chi connectivity index (χ0n) is 9.07. The van der Waals surface area contributed by atoms with Crippen molar-refractivity contribution in [2.75, 3.05) is 12.8 Å². The first-order valence-electron chi connectivity index (χ1n) is 4.59. The highest BCUT2D eigenvalue weighted by atomic mass is 32.2. The van der Waals surface area contributed by atoms with Gasteiger partial charge >= 0.3 is 0 Å². The van der Waals surface area contributed by atoms with Crippen molar-refractivity contribution in [1.82, 2.24) is 0 Å². The summed E-state index contributed by atoms with van der Waals surface area (Å²) >= 11 is 1.14. The minimum Gasteiger partial charge on any atom is -0.399 e. The topological polar surface area (TPSA) is 59.0 Å². The predicted molar refractivity (Wildman–Crippen MR) is 62.5 cm³/mol. The largest absolute Gasteiger partial charge is 0.399 e. The maximum absolute atomic E-state index is 8.70. The molecule has 0 fully saturated rings. The summed E-state index contributed by atoms with van der Waals surface area (Å²) in [5, 5.41) is 10.8. The summed E-state index contributed by atoms with van der Waals surface area (Å²) in [6, 6.07) is 3.68. The molecule has 1 atom stereocenters. The van der Waals surface area contributed by atoms with Crippen molar-refractivity contribution in [2.45, 2.75) is 24.8 Å². The Hall–Kier alpha value is -1.18. The summed E-state index contributed by atoms with van der Waals surface area (Å²) in [4.78, 5) is 0.915. The van der Waals surface area contributed by atoms with Crippen molar-refractivity contribution in [1.29, 1.82) is 5.26 Å². The van der Waals surface area contributed by atoms with E-state index in [2.05, 4.69) is 5.40 Å². The minimum absolute atomic E-state index is 0.0515. The van der Waals surface area contributed by atoms with Crippen molar-refractivity contribution < 1.29 is 4.74 Å². The van der Waals surface area contributed by atoms with Crippen LogP contribution in [0.15, 0.2) is 17.0 Å². The van der Waals surface area contributed by atoms with Gasteiger partial charge in [-0.3, -0.25) is 0 Å². The molecule has 0 saturated carbocycles. The van der Waals surface area contributed by atoms with Gasteiger partial charge in [0.1, 0.15) is 5.40 Å². The number of benzene rings is 1. The molecule has 0 heterocycles. The minimum atomic E-state index is -0.0515. The van der Waals surface area contributed by atoms with E-state index in [1.807, 2.05) is 26.0 Å². The zero-order valence-corrected chi connectivity index (χ0v) is 9.89. The van der Waals surface area contributed by atoms with E-state index >= 15 is 0 Å². The van der Waals surface area contributed by atoms with Crippen LogP contribution < -0.4 is 5.73 Å². The van der Waals surface area contributed by atoms with Crippen LogP contribution in [0.1, 0.15) is 24.2 Å². The Morgan fingerprint density at radius 1 is 1.53 bits per heavy atom. The normalized spacial score (nSPS) is 12.1. The Labute approximate surface area is 94.2 Å². The summed E-state index contributed by atoms with van der Waals surface area (Å²) in [7, 11) is 1.65. The van der Waals surface area contributed by atoms with Gasteiger partial charge < -0.3 is 10.5 Å². The second-order valence-electron chi connectivity index (χ2n) is 3.26. The first-order chi connectivity index (χ1) is 7.11. The van der Waals surface area contributed by atoms with E-state index in [1.54, 1.807) is 7.11 Å². The Kier molecular flexibility index (Phi) is 4.01. The van der Waals surface area contributed by atoms with E-state index < -0.39 is 0 Å². The van der Waals surface area contributed by atoms with Crippen molar-refractivity contribution >= 4 is 17.4 Å². The van der Waals surface area contributed by atoms with Crippen molar-refractivity contribution in [3.63, 3.8) is 0 Å². The van der Waals surface area contributed by atoms with Crippen LogP contribution in [0.4, 0.5) is 5.69 Å². The summed E-state index contributed by atoms with van der Waals surface area (Å²) in [6.07, 6.45) is -0.0515. The lowest BCUT2D eigenvalue weighted by Crippen LogP contribution is -2.03. The Morgan fingerprint density at radius 2 is 2.20 bits per heavy atom. The number of ether oxygens (including phenoxy) is 1. The number of hydrogen-bond donors (Lipinski definition) is 1. The van der Waals surface area contributed by atoms with E-state index in [4.69, 9.17) is 15.7 Å². The van der Waals surface area contributed by atoms with E-state index in [-0.39, 0.29) is 6.10 Å². The van der Waals surface area contributed by atoms with Crippen LogP contribution in [0.3, 0.4) is 0 Å². The summed E-state index contributed by atoms with van der Waals surface area (Å²) in [5.74, 6) is 0. The Bertz CT molecular complexity index is 398. The molecule has 0 radical (unpaired) electrons. The highest BCUT2D eigenvalue weighted by Crippen LogP contribution is 2.33. The standard InChI is InChI=1S/C11H14N2OS/c1-7-9(13)4-5-10(15-6-12)11(7)8(2)14-3/h4-5,8H,13H2,1-3H3. The lowest BCUT2D eigenvalue weighted by Gasteiger charge is -2.17. The second kappa shape index (κ2) is 5.06. The van der Waals surface area contributed by atoms with E-state index in [0.29, 0.717) is 0 Å². The van der Waals surface area contributed by atoms with Gasteiger partial charge in [-0.1, -0.05) is 0 Å². The van der Waals surface area contributed by atoms with Gasteiger partial charge in [-0.15, -0.1) is 0 Å². The van der Waals surface area contributed by atoms with Gasteiger partial charge in [-0.05, 0) is 43.3 Å². The van der Waals surface area contributed by atoms with Crippen LogP contribution in [0.25, 0.3) is 0 Å². The summed E-state index contributed by atoms with van der Waals surface area (Å²) < 4.78 is 5.28. The van der Waals surface area contributed by atoms with Crippen molar-refractivity contribution in [2.24, 2.45) is 0 Å². The SMILES string of the molecule is COC(C)c1c(SC#N)ccc(N)c1C. The molecule has 1 aromatic rings. The highest BCUT2D eigenvalue weighted by Gasteiger charge is 2.15. The number of nitrogens with two attached hydrogens (primary N) is 1. The molecule has 4 heteroatoms. The number of hydrogen-bond acceptors (Lipinski definition) is 4. The number of nitriles is 1.